The lowest BCUT2D eigenvalue weighted by Crippen LogP contribution is -2.38. The Morgan fingerprint density at radius 2 is 0.812 bits per heavy atom. The summed E-state index contributed by atoms with van der Waals surface area (Å²) in [4.78, 5) is 5.20. The molecule has 0 radical (unpaired) electrons. The normalized spacial score (nSPS) is 15.9. The van der Waals surface area contributed by atoms with Crippen LogP contribution in [0.2, 0.25) is 0 Å². The maximum Gasteiger partial charge on any atom is 0.101 e. The number of hydrogen-bond acceptors (Lipinski definition) is 2. The van der Waals surface area contributed by atoms with Gasteiger partial charge in [0.15, 0.2) is 0 Å². The molecule has 32 heavy (non-hydrogen) atoms. The fraction of sp³-hybridized carbons (Fsp3) is 0.933. The van der Waals surface area contributed by atoms with Gasteiger partial charge in [0.1, 0.15) is 6.17 Å². The molecular formula is C30H60N2. The molecule has 0 N–H and O–H groups in total. The molecule has 0 amide bonds. The SMILES string of the molecule is CCCCCCCCCCCCCCCCC1N(CC)C=CN1CCCCCCCCC. The van der Waals surface area contributed by atoms with Gasteiger partial charge >= 0.3 is 0 Å². The average molecular weight is 449 g/mol. The van der Waals surface area contributed by atoms with Crippen LogP contribution in [0.15, 0.2) is 12.4 Å². The summed E-state index contributed by atoms with van der Waals surface area (Å²) in [5.74, 6) is 0. The van der Waals surface area contributed by atoms with Crippen LogP contribution in [0.5, 0.6) is 0 Å². The van der Waals surface area contributed by atoms with Crippen LogP contribution in [-0.4, -0.2) is 29.1 Å². The molecule has 1 aliphatic rings. The minimum absolute atomic E-state index is 0.636. The highest BCUT2D eigenvalue weighted by atomic mass is 15.4. The molecule has 2 nitrogen and oxygen atoms in total. The van der Waals surface area contributed by atoms with Crippen molar-refractivity contribution in [2.75, 3.05) is 13.1 Å². The summed E-state index contributed by atoms with van der Waals surface area (Å²) in [7, 11) is 0. The Hall–Kier alpha value is -0.660. The molecule has 0 spiro atoms. The minimum Gasteiger partial charge on any atom is -0.356 e. The van der Waals surface area contributed by atoms with E-state index >= 15 is 0 Å². The number of hydrogen-bond donors (Lipinski definition) is 0. The van der Waals surface area contributed by atoms with E-state index in [-0.39, 0.29) is 0 Å². The van der Waals surface area contributed by atoms with Crippen molar-refractivity contribution in [3.05, 3.63) is 12.4 Å². The lowest BCUT2D eigenvalue weighted by Gasteiger charge is -2.32. The van der Waals surface area contributed by atoms with Crippen molar-refractivity contribution in [1.29, 1.82) is 0 Å². The Balaban J connectivity index is 1.97. The molecule has 1 unspecified atom stereocenters. The van der Waals surface area contributed by atoms with Gasteiger partial charge < -0.3 is 9.80 Å². The van der Waals surface area contributed by atoms with Gasteiger partial charge in [-0.1, -0.05) is 136 Å². The van der Waals surface area contributed by atoms with Crippen molar-refractivity contribution in [2.24, 2.45) is 0 Å². The molecule has 1 rings (SSSR count). The van der Waals surface area contributed by atoms with E-state index in [1.807, 2.05) is 0 Å². The molecule has 0 aliphatic carbocycles. The highest BCUT2D eigenvalue weighted by molar-refractivity contribution is 4.96. The van der Waals surface area contributed by atoms with Crippen LogP contribution >= 0.6 is 0 Å². The average Bonchev–Trinajstić information content (AvgIpc) is 3.20. The number of unbranched alkanes of at least 4 members (excludes halogenated alkanes) is 19. The summed E-state index contributed by atoms with van der Waals surface area (Å²) >= 11 is 0. The highest BCUT2D eigenvalue weighted by Crippen LogP contribution is 2.22. The smallest absolute Gasteiger partial charge is 0.101 e. The fourth-order valence-electron chi connectivity index (χ4n) is 5.20. The second-order valence-electron chi connectivity index (χ2n) is 10.4. The summed E-state index contributed by atoms with van der Waals surface area (Å²) < 4.78 is 0. The first-order chi connectivity index (χ1) is 15.8. The second-order valence-corrected chi connectivity index (χ2v) is 10.4. The Bertz CT molecular complexity index is 406. The van der Waals surface area contributed by atoms with E-state index in [1.54, 1.807) is 0 Å². The van der Waals surface area contributed by atoms with Gasteiger partial charge in [0.25, 0.3) is 0 Å². The highest BCUT2D eigenvalue weighted by Gasteiger charge is 2.23. The van der Waals surface area contributed by atoms with Crippen molar-refractivity contribution < 1.29 is 0 Å². The molecule has 2 heteroatoms. The van der Waals surface area contributed by atoms with Crippen molar-refractivity contribution in [1.82, 2.24) is 9.80 Å². The van der Waals surface area contributed by atoms with Crippen molar-refractivity contribution in [3.8, 4) is 0 Å². The molecule has 0 aromatic rings. The van der Waals surface area contributed by atoms with Gasteiger partial charge in [0, 0.05) is 25.5 Å². The third kappa shape index (κ3) is 15.2. The van der Waals surface area contributed by atoms with E-state index in [0.29, 0.717) is 6.17 Å². The fourth-order valence-corrected chi connectivity index (χ4v) is 5.20. The molecule has 0 aromatic carbocycles. The van der Waals surface area contributed by atoms with Crippen molar-refractivity contribution in [3.63, 3.8) is 0 Å². The first-order valence-electron chi connectivity index (χ1n) is 15.0. The number of nitrogens with zero attached hydrogens (tertiary/aromatic N) is 2. The van der Waals surface area contributed by atoms with E-state index in [4.69, 9.17) is 0 Å². The molecular weight excluding hydrogens is 388 g/mol. The Morgan fingerprint density at radius 1 is 0.438 bits per heavy atom. The first-order valence-corrected chi connectivity index (χ1v) is 15.0. The lowest BCUT2D eigenvalue weighted by molar-refractivity contribution is 0.142. The van der Waals surface area contributed by atoms with E-state index in [9.17, 15) is 0 Å². The predicted octanol–water partition coefficient (Wildman–Crippen LogP) is 10.0. The van der Waals surface area contributed by atoms with Gasteiger partial charge in [0.05, 0.1) is 0 Å². The lowest BCUT2D eigenvalue weighted by atomic mass is 10.0. The largest absolute Gasteiger partial charge is 0.356 e. The topological polar surface area (TPSA) is 6.48 Å². The molecule has 1 atom stereocenters. The van der Waals surface area contributed by atoms with Gasteiger partial charge in [-0.25, -0.2) is 0 Å². The number of rotatable bonds is 24. The third-order valence-corrected chi connectivity index (χ3v) is 7.42. The van der Waals surface area contributed by atoms with Crippen LogP contribution in [0, 0.1) is 0 Å². The molecule has 0 aromatic heterocycles. The molecule has 190 valence electrons. The summed E-state index contributed by atoms with van der Waals surface area (Å²) in [6.07, 6.45) is 36.8. The van der Waals surface area contributed by atoms with Gasteiger partial charge in [0.2, 0.25) is 0 Å². The Morgan fingerprint density at radius 3 is 1.25 bits per heavy atom. The zero-order chi connectivity index (χ0) is 23.1. The van der Waals surface area contributed by atoms with E-state index < -0.39 is 0 Å². The molecule has 0 saturated carbocycles. The molecule has 1 aliphatic heterocycles. The summed E-state index contributed by atoms with van der Waals surface area (Å²) in [6.45, 7) is 9.31. The van der Waals surface area contributed by atoms with Crippen LogP contribution in [-0.2, 0) is 0 Å². The summed E-state index contributed by atoms with van der Waals surface area (Å²) in [5, 5.41) is 0. The molecule has 1 heterocycles. The zero-order valence-corrected chi connectivity index (χ0v) is 22.6. The maximum atomic E-state index is 2.64. The van der Waals surface area contributed by atoms with Crippen LogP contribution in [0.3, 0.4) is 0 Å². The first kappa shape index (κ1) is 29.4. The molecule has 0 bridgehead atoms. The summed E-state index contributed by atoms with van der Waals surface area (Å²) in [5.41, 5.74) is 0. The monoisotopic (exact) mass is 448 g/mol. The molecule has 0 saturated heterocycles. The van der Waals surface area contributed by atoms with Crippen LogP contribution in [0.4, 0.5) is 0 Å². The van der Waals surface area contributed by atoms with Gasteiger partial charge in [-0.2, -0.15) is 0 Å². The Labute approximate surface area is 203 Å². The second kappa shape index (κ2) is 22.1. The standard InChI is InChI=1S/C30H60N2/c1-4-7-9-11-13-14-15-16-17-18-19-20-22-24-26-30-31(6-3)28-29-32(30)27-25-23-21-12-10-8-5-2/h28-30H,4-27H2,1-3H3. The van der Waals surface area contributed by atoms with Crippen LogP contribution < -0.4 is 0 Å². The predicted molar refractivity (Wildman–Crippen MR) is 145 cm³/mol. The van der Waals surface area contributed by atoms with Crippen LogP contribution in [0.1, 0.15) is 162 Å². The van der Waals surface area contributed by atoms with E-state index in [1.165, 1.54) is 148 Å². The third-order valence-electron chi connectivity index (χ3n) is 7.42. The Kier molecular flexibility index (Phi) is 20.3. The quantitative estimate of drug-likeness (QED) is 0.135. The maximum absolute atomic E-state index is 2.64. The summed E-state index contributed by atoms with van der Waals surface area (Å²) in [6, 6.07) is 0. The van der Waals surface area contributed by atoms with Crippen molar-refractivity contribution >= 4 is 0 Å². The minimum atomic E-state index is 0.636. The van der Waals surface area contributed by atoms with Crippen LogP contribution in [0.25, 0.3) is 0 Å². The zero-order valence-electron chi connectivity index (χ0n) is 22.6. The molecule has 0 fully saturated rings. The van der Waals surface area contributed by atoms with Gasteiger partial charge in [-0.05, 0) is 26.2 Å². The van der Waals surface area contributed by atoms with Crippen molar-refractivity contribution in [2.45, 2.75) is 168 Å². The van der Waals surface area contributed by atoms with Gasteiger partial charge in [-0.3, -0.25) is 0 Å². The van der Waals surface area contributed by atoms with Gasteiger partial charge in [-0.15, -0.1) is 0 Å². The van der Waals surface area contributed by atoms with E-state index in [0.717, 1.165) is 6.54 Å². The van der Waals surface area contributed by atoms with E-state index in [2.05, 4.69) is 43.0 Å².